The molecule has 0 bridgehead atoms. The molecule has 2 fully saturated rings. The molecule has 1 heterocycles. The largest absolute Gasteiger partial charge is 0.496 e. The zero-order chi connectivity index (χ0) is 17.3. The van der Waals surface area contributed by atoms with Crippen LogP contribution in [-0.4, -0.2) is 49.2 Å². The Morgan fingerprint density at radius 1 is 1.17 bits per heavy atom. The van der Waals surface area contributed by atoms with Gasteiger partial charge in [0.25, 0.3) is 0 Å². The van der Waals surface area contributed by atoms with Gasteiger partial charge in [-0.1, -0.05) is 6.07 Å². The number of aliphatic carboxylic acids is 1. The molecule has 0 unspecified atom stereocenters. The summed E-state index contributed by atoms with van der Waals surface area (Å²) in [7, 11) is 3.12. The van der Waals surface area contributed by atoms with Crippen LogP contribution in [0.15, 0.2) is 18.2 Å². The molecular weight excluding hydrogens is 310 g/mol. The molecule has 0 aromatic heterocycles. The Balaban J connectivity index is 1.75. The van der Waals surface area contributed by atoms with E-state index in [0.717, 1.165) is 12.8 Å². The Morgan fingerprint density at radius 3 is 2.29 bits per heavy atom. The molecule has 1 aliphatic heterocycles. The Bertz CT molecular complexity index is 618. The summed E-state index contributed by atoms with van der Waals surface area (Å²) in [5.41, 5.74) is 0.703. The zero-order valence-corrected chi connectivity index (χ0v) is 14.0. The Labute approximate surface area is 141 Å². The van der Waals surface area contributed by atoms with Crippen molar-refractivity contribution < 1.29 is 24.2 Å². The van der Waals surface area contributed by atoms with Gasteiger partial charge in [-0.25, -0.2) is 0 Å². The number of carbonyl (C=O) groups is 2. The highest BCUT2D eigenvalue weighted by molar-refractivity contribution is 5.82. The molecule has 3 rings (SSSR count). The smallest absolute Gasteiger partial charge is 0.308 e. The Kier molecular flexibility index (Phi) is 4.64. The van der Waals surface area contributed by atoms with Crippen LogP contribution in [0.2, 0.25) is 0 Å². The van der Waals surface area contributed by atoms with Gasteiger partial charge in [-0.3, -0.25) is 9.59 Å². The molecule has 24 heavy (non-hydrogen) atoms. The Hall–Kier alpha value is -2.24. The maximum atomic E-state index is 12.7. The minimum absolute atomic E-state index is 0.0767. The lowest BCUT2D eigenvalue weighted by Gasteiger charge is -2.18. The third kappa shape index (κ3) is 3.18. The predicted octanol–water partition coefficient (Wildman–Crippen LogP) is 1.82. The van der Waals surface area contributed by atoms with Crippen molar-refractivity contribution in [3.05, 3.63) is 23.8 Å². The maximum Gasteiger partial charge on any atom is 0.308 e. The maximum absolute atomic E-state index is 12.7. The SMILES string of the molecule is COc1cccc(OC)c1CC(=O)N1C[C@H](C(=O)O)[C@@H](C2CC2)C1. The number of carbonyl (C=O) groups excluding carboxylic acids is 1. The molecule has 1 saturated carbocycles. The second-order valence-corrected chi connectivity index (χ2v) is 6.56. The van der Waals surface area contributed by atoms with Gasteiger partial charge in [-0.2, -0.15) is 0 Å². The second-order valence-electron chi connectivity index (χ2n) is 6.56. The van der Waals surface area contributed by atoms with Crippen molar-refractivity contribution in [2.75, 3.05) is 27.3 Å². The van der Waals surface area contributed by atoms with Gasteiger partial charge in [0.05, 0.1) is 26.6 Å². The van der Waals surface area contributed by atoms with E-state index in [1.54, 1.807) is 31.3 Å². The predicted molar refractivity (Wildman–Crippen MR) is 87.2 cm³/mol. The standard InChI is InChI=1S/C18H23NO5/c1-23-15-4-3-5-16(24-2)12(15)8-17(20)19-9-13(11-6-7-11)14(10-19)18(21)22/h3-5,11,13-14H,6-10H2,1-2H3,(H,21,22)/t13-,14+/m1/s1. The first-order valence-corrected chi connectivity index (χ1v) is 8.25. The van der Waals surface area contributed by atoms with Gasteiger partial charge in [0.1, 0.15) is 11.5 Å². The first-order chi connectivity index (χ1) is 11.5. The van der Waals surface area contributed by atoms with Crippen molar-refractivity contribution in [1.82, 2.24) is 4.90 Å². The Morgan fingerprint density at radius 2 is 1.79 bits per heavy atom. The summed E-state index contributed by atoms with van der Waals surface area (Å²) >= 11 is 0. The van der Waals surface area contributed by atoms with E-state index in [1.165, 1.54) is 0 Å². The van der Waals surface area contributed by atoms with Crippen LogP contribution in [0.1, 0.15) is 18.4 Å². The normalized spacial score (nSPS) is 23.2. The fourth-order valence-corrected chi connectivity index (χ4v) is 3.66. The summed E-state index contributed by atoms with van der Waals surface area (Å²) in [6, 6.07) is 5.40. The number of hydrogen-bond donors (Lipinski definition) is 1. The van der Waals surface area contributed by atoms with Crippen LogP contribution in [0.5, 0.6) is 11.5 Å². The van der Waals surface area contributed by atoms with E-state index in [0.29, 0.717) is 36.1 Å². The van der Waals surface area contributed by atoms with E-state index in [9.17, 15) is 14.7 Å². The molecule has 2 atom stereocenters. The summed E-state index contributed by atoms with van der Waals surface area (Å²) in [4.78, 5) is 25.9. The number of benzene rings is 1. The average molecular weight is 333 g/mol. The van der Waals surface area contributed by atoms with E-state index in [4.69, 9.17) is 9.47 Å². The number of nitrogens with zero attached hydrogens (tertiary/aromatic N) is 1. The van der Waals surface area contributed by atoms with Gasteiger partial charge in [0.15, 0.2) is 0 Å². The van der Waals surface area contributed by atoms with Crippen molar-refractivity contribution in [2.24, 2.45) is 17.8 Å². The number of methoxy groups -OCH3 is 2. The molecule has 1 aromatic carbocycles. The first kappa shape index (κ1) is 16.6. The van der Waals surface area contributed by atoms with Crippen molar-refractivity contribution in [2.45, 2.75) is 19.3 Å². The van der Waals surface area contributed by atoms with Crippen molar-refractivity contribution in [3.63, 3.8) is 0 Å². The highest BCUT2D eigenvalue weighted by Gasteiger charge is 2.46. The quantitative estimate of drug-likeness (QED) is 0.859. The molecule has 2 aliphatic rings. The average Bonchev–Trinajstić information content (AvgIpc) is 3.32. The van der Waals surface area contributed by atoms with Crippen molar-refractivity contribution in [1.29, 1.82) is 0 Å². The number of amides is 1. The lowest BCUT2D eigenvalue weighted by atomic mass is 9.92. The molecule has 1 N–H and O–H groups in total. The number of likely N-dealkylation sites (tertiary alicyclic amines) is 1. The summed E-state index contributed by atoms with van der Waals surface area (Å²) in [6.07, 6.45) is 2.31. The van der Waals surface area contributed by atoms with E-state index >= 15 is 0 Å². The van der Waals surface area contributed by atoms with Crippen molar-refractivity contribution >= 4 is 11.9 Å². The zero-order valence-electron chi connectivity index (χ0n) is 14.0. The monoisotopic (exact) mass is 333 g/mol. The fourth-order valence-electron chi connectivity index (χ4n) is 3.66. The van der Waals surface area contributed by atoms with Crippen LogP contribution in [0.25, 0.3) is 0 Å². The number of carboxylic acid groups (broad SMARTS) is 1. The van der Waals surface area contributed by atoms with E-state index in [-0.39, 0.29) is 18.2 Å². The number of hydrogen-bond acceptors (Lipinski definition) is 4. The van der Waals surface area contributed by atoms with Gasteiger partial charge in [0.2, 0.25) is 5.91 Å². The third-order valence-corrected chi connectivity index (χ3v) is 5.12. The summed E-state index contributed by atoms with van der Waals surface area (Å²) in [5, 5.41) is 9.44. The molecule has 1 aliphatic carbocycles. The number of rotatable bonds is 6. The van der Waals surface area contributed by atoms with Crippen LogP contribution < -0.4 is 9.47 Å². The number of ether oxygens (including phenoxy) is 2. The lowest BCUT2D eigenvalue weighted by molar-refractivity contribution is -0.142. The van der Waals surface area contributed by atoms with Gasteiger partial charge in [-0.15, -0.1) is 0 Å². The molecule has 1 amide bonds. The van der Waals surface area contributed by atoms with Crippen molar-refractivity contribution in [3.8, 4) is 11.5 Å². The summed E-state index contributed by atoms with van der Waals surface area (Å²) in [5.74, 6) is 0.451. The van der Waals surface area contributed by atoms with E-state index in [2.05, 4.69) is 0 Å². The molecule has 0 spiro atoms. The van der Waals surface area contributed by atoms with Gasteiger partial charge < -0.3 is 19.5 Å². The topological polar surface area (TPSA) is 76.1 Å². The van der Waals surface area contributed by atoms with Crippen LogP contribution in [0.3, 0.4) is 0 Å². The molecule has 130 valence electrons. The van der Waals surface area contributed by atoms with E-state index in [1.807, 2.05) is 6.07 Å². The highest BCUT2D eigenvalue weighted by Crippen LogP contribution is 2.44. The van der Waals surface area contributed by atoms with Crippen LogP contribution in [0.4, 0.5) is 0 Å². The molecule has 0 radical (unpaired) electrons. The van der Waals surface area contributed by atoms with Crippen LogP contribution >= 0.6 is 0 Å². The van der Waals surface area contributed by atoms with Gasteiger partial charge in [-0.05, 0) is 36.8 Å². The third-order valence-electron chi connectivity index (χ3n) is 5.12. The first-order valence-electron chi connectivity index (χ1n) is 8.25. The van der Waals surface area contributed by atoms with Gasteiger partial charge in [0, 0.05) is 18.7 Å². The minimum Gasteiger partial charge on any atom is -0.496 e. The minimum atomic E-state index is -0.794. The molecule has 6 heteroatoms. The molecule has 1 saturated heterocycles. The lowest BCUT2D eigenvalue weighted by Crippen LogP contribution is -2.31. The van der Waals surface area contributed by atoms with E-state index < -0.39 is 11.9 Å². The second kappa shape index (κ2) is 6.71. The van der Waals surface area contributed by atoms with Crippen LogP contribution in [0, 0.1) is 17.8 Å². The van der Waals surface area contributed by atoms with Crippen LogP contribution in [-0.2, 0) is 16.0 Å². The number of carboxylic acids is 1. The highest BCUT2D eigenvalue weighted by atomic mass is 16.5. The molecular formula is C18H23NO5. The fraction of sp³-hybridized carbons (Fsp3) is 0.556. The summed E-state index contributed by atoms with van der Waals surface area (Å²) < 4.78 is 10.7. The molecule has 1 aromatic rings. The summed E-state index contributed by atoms with van der Waals surface area (Å²) in [6.45, 7) is 0.838. The molecule has 6 nitrogen and oxygen atoms in total. The van der Waals surface area contributed by atoms with Gasteiger partial charge >= 0.3 is 5.97 Å².